The molecule has 0 heterocycles. The van der Waals surface area contributed by atoms with Gasteiger partial charge in [-0.3, -0.25) is 4.79 Å². The van der Waals surface area contributed by atoms with E-state index < -0.39 is 0 Å². The highest BCUT2D eigenvalue weighted by Gasteiger charge is 2.27. The molecule has 1 N–H and O–H groups in total. The van der Waals surface area contributed by atoms with Crippen LogP contribution in [-0.2, 0) is 11.2 Å². The number of hydrogen-bond donors (Lipinski definition) is 1. The molecule has 1 amide bonds. The number of benzene rings is 1. The molecule has 18 heavy (non-hydrogen) atoms. The first kappa shape index (κ1) is 13.3. The van der Waals surface area contributed by atoms with Crippen molar-refractivity contribution in [3.63, 3.8) is 0 Å². The molecule has 2 nitrogen and oxygen atoms in total. The Labute approximate surface area is 112 Å². The molecule has 0 aliphatic heterocycles. The Morgan fingerprint density at radius 3 is 2.89 bits per heavy atom. The standard InChI is InChI=1S/C14H17ClFNO/c15-9-11-5-3-7-13(11)17-14(18)8-10-4-1-2-6-12(10)16/h1-2,4,6,11,13H,3,5,7-9H2,(H,17,18). The van der Waals surface area contributed by atoms with Gasteiger partial charge in [0.15, 0.2) is 0 Å². The van der Waals surface area contributed by atoms with Crippen LogP contribution in [0, 0.1) is 11.7 Å². The summed E-state index contributed by atoms with van der Waals surface area (Å²) in [7, 11) is 0. The first-order chi connectivity index (χ1) is 8.70. The Balaban J connectivity index is 1.91. The SMILES string of the molecule is O=C(Cc1ccccc1F)NC1CCCC1CCl. The van der Waals surface area contributed by atoms with Crippen LogP contribution in [-0.4, -0.2) is 17.8 Å². The second kappa shape index (κ2) is 6.19. The monoisotopic (exact) mass is 269 g/mol. The van der Waals surface area contributed by atoms with Gasteiger partial charge in [0.1, 0.15) is 5.82 Å². The van der Waals surface area contributed by atoms with E-state index in [0.717, 1.165) is 19.3 Å². The first-order valence-corrected chi connectivity index (χ1v) is 6.83. The fraction of sp³-hybridized carbons (Fsp3) is 0.500. The second-order valence-corrected chi connectivity index (χ2v) is 5.10. The molecule has 1 aromatic rings. The summed E-state index contributed by atoms with van der Waals surface area (Å²) in [6.45, 7) is 0. The smallest absolute Gasteiger partial charge is 0.224 e. The molecule has 0 bridgehead atoms. The lowest BCUT2D eigenvalue weighted by Crippen LogP contribution is -2.38. The Morgan fingerprint density at radius 2 is 2.17 bits per heavy atom. The van der Waals surface area contributed by atoms with Gasteiger partial charge in [-0.2, -0.15) is 0 Å². The van der Waals surface area contributed by atoms with Crippen molar-refractivity contribution >= 4 is 17.5 Å². The molecule has 2 rings (SSSR count). The van der Waals surface area contributed by atoms with Crippen molar-refractivity contribution in [3.05, 3.63) is 35.6 Å². The predicted octanol–water partition coefficient (Wildman–Crippen LogP) is 2.89. The molecular formula is C14H17ClFNO. The number of rotatable bonds is 4. The van der Waals surface area contributed by atoms with Crippen molar-refractivity contribution in [1.29, 1.82) is 0 Å². The molecule has 1 aliphatic rings. The maximum absolute atomic E-state index is 13.4. The molecule has 2 atom stereocenters. The van der Waals surface area contributed by atoms with Crippen LogP contribution in [0.4, 0.5) is 4.39 Å². The van der Waals surface area contributed by atoms with Gasteiger partial charge < -0.3 is 5.32 Å². The zero-order valence-electron chi connectivity index (χ0n) is 10.2. The molecular weight excluding hydrogens is 253 g/mol. The highest BCUT2D eigenvalue weighted by atomic mass is 35.5. The lowest BCUT2D eigenvalue weighted by Gasteiger charge is -2.18. The van der Waals surface area contributed by atoms with Crippen molar-refractivity contribution in [1.82, 2.24) is 5.32 Å². The second-order valence-electron chi connectivity index (χ2n) is 4.79. The Kier molecular flexibility index (Phi) is 4.59. The number of carbonyl (C=O) groups excluding carboxylic acids is 1. The van der Waals surface area contributed by atoms with Gasteiger partial charge in [0.2, 0.25) is 5.91 Å². The minimum absolute atomic E-state index is 0.0954. The van der Waals surface area contributed by atoms with Gasteiger partial charge in [-0.1, -0.05) is 24.6 Å². The van der Waals surface area contributed by atoms with E-state index in [1.165, 1.54) is 6.07 Å². The van der Waals surface area contributed by atoms with Crippen molar-refractivity contribution < 1.29 is 9.18 Å². The molecule has 4 heteroatoms. The average molecular weight is 270 g/mol. The predicted molar refractivity (Wildman–Crippen MR) is 70.1 cm³/mol. The normalized spacial score (nSPS) is 23.0. The van der Waals surface area contributed by atoms with E-state index in [1.807, 2.05) is 0 Å². The molecule has 0 radical (unpaired) electrons. The van der Waals surface area contributed by atoms with Crippen molar-refractivity contribution in [2.75, 3.05) is 5.88 Å². The van der Waals surface area contributed by atoms with E-state index in [2.05, 4.69) is 5.32 Å². The fourth-order valence-electron chi connectivity index (χ4n) is 2.48. The molecule has 1 saturated carbocycles. The molecule has 1 fully saturated rings. The van der Waals surface area contributed by atoms with Crippen molar-refractivity contribution in [3.8, 4) is 0 Å². The summed E-state index contributed by atoms with van der Waals surface area (Å²) in [5.74, 6) is 0.483. The third-order valence-corrected chi connectivity index (χ3v) is 3.91. The molecule has 0 saturated heterocycles. The molecule has 1 aliphatic carbocycles. The summed E-state index contributed by atoms with van der Waals surface area (Å²) in [6.07, 6.45) is 3.23. The molecule has 1 aromatic carbocycles. The maximum Gasteiger partial charge on any atom is 0.224 e. The van der Waals surface area contributed by atoms with Gasteiger partial charge in [0.05, 0.1) is 6.42 Å². The summed E-state index contributed by atoms with van der Waals surface area (Å²) in [5, 5.41) is 2.97. The van der Waals surface area contributed by atoms with Gasteiger partial charge in [-0.25, -0.2) is 4.39 Å². The first-order valence-electron chi connectivity index (χ1n) is 6.29. The lowest BCUT2D eigenvalue weighted by atomic mass is 10.1. The van der Waals surface area contributed by atoms with Gasteiger partial charge in [0, 0.05) is 11.9 Å². The third-order valence-electron chi connectivity index (χ3n) is 3.51. The third kappa shape index (κ3) is 3.22. The number of nitrogens with one attached hydrogen (secondary N) is 1. The highest BCUT2D eigenvalue weighted by molar-refractivity contribution is 6.18. The Bertz CT molecular complexity index is 424. The highest BCUT2D eigenvalue weighted by Crippen LogP contribution is 2.26. The Morgan fingerprint density at radius 1 is 1.39 bits per heavy atom. The molecule has 0 aromatic heterocycles. The molecule has 98 valence electrons. The quantitative estimate of drug-likeness (QED) is 0.837. The van der Waals surface area contributed by atoms with E-state index in [0.29, 0.717) is 17.4 Å². The minimum atomic E-state index is -0.326. The summed E-state index contributed by atoms with van der Waals surface area (Å²) in [4.78, 5) is 11.9. The zero-order chi connectivity index (χ0) is 13.0. The van der Waals surface area contributed by atoms with Gasteiger partial charge in [-0.05, 0) is 30.4 Å². The minimum Gasteiger partial charge on any atom is -0.353 e. The summed E-state index contributed by atoms with van der Waals surface area (Å²) < 4.78 is 13.4. The largest absolute Gasteiger partial charge is 0.353 e. The molecule has 2 unspecified atom stereocenters. The van der Waals surface area contributed by atoms with E-state index in [1.54, 1.807) is 18.2 Å². The lowest BCUT2D eigenvalue weighted by molar-refractivity contribution is -0.121. The van der Waals surface area contributed by atoms with E-state index in [9.17, 15) is 9.18 Å². The number of carbonyl (C=O) groups is 1. The van der Waals surface area contributed by atoms with Gasteiger partial charge >= 0.3 is 0 Å². The van der Waals surface area contributed by atoms with Crippen LogP contribution in [0.3, 0.4) is 0 Å². The number of alkyl halides is 1. The van der Waals surface area contributed by atoms with Gasteiger partial charge in [0.25, 0.3) is 0 Å². The average Bonchev–Trinajstić information content (AvgIpc) is 2.79. The number of halogens is 2. The summed E-state index contributed by atoms with van der Waals surface area (Å²) in [6, 6.07) is 6.53. The van der Waals surface area contributed by atoms with Crippen molar-refractivity contribution in [2.24, 2.45) is 5.92 Å². The van der Waals surface area contributed by atoms with Crippen molar-refractivity contribution in [2.45, 2.75) is 31.7 Å². The van der Waals surface area contributed by atoms with Crippen LogP contribution in [0.25, 0.3) is 0 Å². The van der Waals surface area contributed by atoms with Crippen LogP contribution < -0.4 is 5.32 Å². The summed E-state index contributed by atoms with van der Waals surface area (Å²) >= 11 is 5.86. The van der Waals surface area contributed by atoms with Crippen LogP contribution in [0.1, 0.15) is 24.8 Å². The van der Waals surface area contributed by atoms with E-state index in [4.69, 9.17) is 11.6 Å². The summed E-state index contributed by atoms with van der Waals surface area (Å²) in [5.41, 5.74) is 0.440. The number of amides is 1. The topological polar surface area (TPSA) is 29.1 Å². The van der Waals surface area contributed by atoms with E-state index >= 15 is 0 Å². The van der Waals surface area contributed by atoms with Crippen LogP contribution in [0.15, 0.2) is 24.3 Å². The maximum atomic E-state index is 13.4. The fourth-order valence-corrected chi connectivity index (χ4v) is 2.85. The Hall–Kier alpha value is -1.09. The number of hydrogen-bond acceptors (Lipinski definition) is 1. The van der Waals surface area contributed by atoms with E-state index in [-0.39, 0.29) is 24.2 Å². The molecule has 0 spiro atoms. The van der Waals surface area contributed by atoms with Crippen LogP contribution in [0.2, 0.25) is 0 Å². The zero-order valence-corrected chi connectivity index (χ0v) is 10.9. The van der Waals surface area contributed by atoms with Gasteiger partial charge in [-0.15, -0.1) is 11.6 Å². The van der Waals surface area contributed by atoms with Crippen LogP contribution in [0.5, 0.6) is 0 Å². The van der Waals surface area contributed by atoms with Crippen LogP contribution >= 0.6 is 11.6 Å².